The lowest BCUT2D eigenvalue weighted by atomic mass is 10.1. The summed E-state index contributed by atoms with van der Waals surface area (Å²) in [5.74, 6) is 0.797. The van der Waals surface area contributed by atoms with Crippen LogP contribution < -0.4 is 10.1 Å². The first-order valence-electron chi connectivity index (χ1n) is 7.30. The van der Waals surface area contributed by atoms with Crippen molar-refractivity contribution in [2.75, 3.05) is 20.2 Å². The molecule has 0 aliphatic carbocycles. The van der Waals surface area contributed by atoms with Gasteiger partial charge in [0.25, 0.3) is 5.91 Å². The largest absolute Gasteiger partial charge is 0.497 e. The molecule has 1 saturated heterocycles. The average Bonchev–Trinajstić information content (AvgIpc) is 2.97. The van der Waals surface area contributed by atoms with Gasteiger partial charge in [0.2, 0.25) is 0 Å². The van der Waals surface area contributed by atoms with Crippen molar-refractivity contribution in [3.63, 3.8) is 0 Å². The van der Waals surface area contributed by atoms with Crippen LogP contribution in [-0.2, 0) is 0 Å². The minimum atomic E-state index is 0.0765. The van der Waals surface area contributed by atoms with Crippen molar-refractivity contribution in [3.8, 4) is 5.75 Å². The number of hydrogen-bond donors (Lipinski definition) is 1. The molecule has 0 radical (unpaired) electrons. The highest BCUT2D eigenvalue weighted by Crippen LogP contribution is 2.17. The summed E-state index contributed by atoms with van der Waals surface area (Å²) in [5, 5.41) is 3.45. The third-order valence-electron chi connectivity index (χ3n) is 3.78. The summed E-state index contributed by atoms with van der Waals surface area (Å²) in [6.45, 7) is 5.96. The maximum atomic E-state index is 12.7. The highest BCUT2D eigenvalue weighted by atomic mass is 16.5. The first-order valence-corrected chi connectivity index (χ1v) is 7.30. The van der Waals surface area contributed by atoms with Gasteiger partial charge in [-0.05, 0) is 51.4 Å². The minimum absolute atomic E-state index is 0.0765. The highest BCUT2D eigenvalue weighted by Gasteiger charge is 2.24. The molecule has 1 aromatic carbocycles. The Kier molecular flexibility index (Phi) is 5.01. The van der Waals surface area contributed by atoms with Crippen molar-refractivity contribution in [1.82, 2.24) is 10.2 Å². The van der Waals surface area contributed by atoms with Crippen molar-refractivity contribution in [1.29, 1.82) is 0 Å². The lowest BCUT2D eigenvalue weighted by Crippen LogP contribution is -2.44. The van der Waals surface area contributed by atoms with Gasteiger partial charge in [-0.2, -0.15) is 0 Å². The Labute approximate surface area is 121 Å². The second kappa shape index (κ2) is 6.75. The fourth-order valence-electron chi connectivity index (χ4n) is 2.60. The van der Waals surface area contributed by atoms with E-state index in [0.29, 0.717) is 11.6 Å². The van der Waals surface area contributed by atoms with E-state index in [-0.39, 0.29) is 11.9 Å². The molecule has 1 aliphatic rings. The van der Waals surface area contributed by atoms with Gasteiger partial charge in [-0.3, -0.25) is 4.79 Å². The smallest absolute Gasteiger partial charge is 0.254 e. The lowest BCUT2D eigenvalue weighted by Gasteiger charge is -2.29. The van der Waals surface area contributed by atoms with Gasteiger partial charge in [0.15, 0.2) is 0 Å². The van der Waals surface area contributed by atoms with E-state index in [2.05, 4.69) is 19.2 Å². The molecule has 1 unspecified atom stereocenters. The van der Waals surface area contributed by atoms with E-state index in [0.717, 1.165) is 25.3 Å². The second-order valence-corrected chi connectivity index (χ2v) is 5.58. The van der Waals surface area contributed by atoms with E-state index in [9.17, 15) is 4.79 Å². The van der Waals surface area contributed by atoms with E-state index in [1.54, 1.807) is 13.2 Å². The number of hydrogen-bond acceptors (Lipinski definition) is 3. The third kappa shape index (κ3) is 3.51. The molecule has 1 aliphatic heterocycles. The van der Waals surface area contributed by atoms with Crippen LogP contribution >= 0.6 is 0 Å². The molecule has 1 atom stereocenters. The number of nitrogens with one attached hydrogen (secondary N) is 1. The summed E-state index contributed by atoms with van der Waals surface area (Å²) in [6.07, 6.45) is 2.35. The van der Waals surface area contributed by atoms with Crippen molar-refractivity contribution in [2.24, 2.45) is 0 Å². The number of methoxy groups -OCH3 is 1. The maximum absolute atomic E-state index is 12.7. The van der Waals surface area contributed by atoms with Crippen LogP contribution in [0.2, 0.25) is 0 Å². The predicted molar refractivity (Wildman–Crippen MR) is 80.2 cm³/mol. The van der Waals surface area contributed by atoms with Gasteiger partial charge in [-0.15, -0.1) is 0 Å². The number of carbonyl (C=O) groups excluding carboxylic acids is 1. The fraction of sp³-hybridized carbons (Fsp3) is 0.562. The number of nitrogens with zero attached hydrogens (tertiary/aromatic N) is 1. The molecule has 2 rings (SSSR count). The third-order valence-corrected chi connectivity index (χ3v) is 3.78. The number of rotatable bonds is 5. The van der Waals surface area contributed by atoms with E-state index in [1.165, 1.54) is 6.42 Å². The quantitative estimate of drug-likeness (QED) is 0.897. The van der Waals surface area contributed by atoms with Gasteiger partial charge in [0.1, 0.15) is 5.75 Å². The Balaban J connectivity index is 2.12. The fourth-order valence-corrected chi connectivity index (χ4v) is 2.60. The Morgan fingerprint density at radius 1 is 1.50 bits per heavy atom. The van der Waals surface area contributed by atoms with E-state index >= 15 is 0 Å². The molecule has 0 bridgehead atoms. The lowest BCUT2D eigenvalue weighted by molar-refractivity contribution is 0.0688. The van der Waals surface area contributed by atoms with Crippen LogP contribution in [0.4, 0.5) is 0 Å². The van der Waals surface area contributed by atoms with Crippen LogP contribution in [0.3, 0.4) is 0 Å². The zero-order chi connectivity index (χ0) is 14.5. The standard InChI is InChI=1S/C16H24N2O2/c1-12(2)18(11-14-7-5-9-17-14)16(19)13-6-4-8-15(10-13)20-3/h4,6,8,10,12,14,17H,5,7,9,11H2,1-3H3. The summed E-state index contributed by atoms with van der Waals surface area (Å²) in [7, 11) is 1.62. The van der Waals surface area contributed by atoms with Gasteiger partial charge in [-0.1, -0.05) is 6.07 Å². The second-order valence-electron chi connectivity index (χ2n) is 5.58. The molecule has 4 nitrogen and oxygen atoms in total. The molecule has 1 heterocycles. The molecule has 0 spiro atoms. The van der Waals surface area contributed by atoms with Crippen LogP contribution in [-0.4, -0.2) is 43.1 Å². The molecule has 0 aromatic heterocycles. The zero-order valence-corrected chi connectivity index (χ0v) is 12.6. The van der Waals surface area contributed by atoms with Crippen LogP contribution in [0, 0.1) is 0 Å². The average molecular weight is 276 g/mol. The molecule has 0 saturated carbocycles. The molecule has 4 heteroatoms. The summed E-state index contributed by atoms with van der Waals surface area (Å²) < 4.78 is 5.20. The summed E-state index contributed by atoms with van der Waals surface area (Å²) in [4.78, 5) is 14.6. The Morgan fingerprint density at radius 2 is 2.30 bits per heavy atom. The highest BCUT2D eigenvalue weighted by molar-refractivity contribution is 5.94. The molecular weight excluding hydrogens is 252 g/mol. The number of benzene rings is 1. The molecule has 20 heavy (non-hydrogen) atoms. The first kappa shape index (κ1) is 14.9. The van der Waals surface area contributed by atoms with Gasteiger partial charge in [0.05, 0.1) is 7.11 Å². The topological polar surface area (TPSA) is 41.6 Å². The number of amides is 1. The normalized spacial score (nSPS) is 18.3. The summed E-state index contributed by atoms with van der Waals surface area (Å²) in [6, 6.07) is 7.98. The van der Waals surface area contributed by atoms with E-state index in [1.807, 2.05) is 23.1 Å². The van der Waals surface area contributed by atoms with Gasteiger partial charge >= 0.3 is 0 Å². The number of carbonyl (C=O) groups is 1. The summed E-state index contributed by atoms with van der Waals surface area (Å²) >= 11 is 0. The van der Waals surface area contributed by atoms with Crippen molar-refractivity contribution >= 4 is 5.91 Å². The minimum Gasteiger partial charge on any atom is -0.497 e. The molecular formula is C16H24N2O2. The first-order chi connectivity index (χ1) is 9.61. The van der Waals surface area contributed by atoms with Crippen molar-refractivity contribution in [3.05, 3.63) is 29.8 Å². The van der Waals surface area contributed by atoms with Crippen LogP contribution in [0.5, 0.6) is 5.75 Å². The SMILES string of the molecule is COc1cccc(C(=O)N(CC2CCCN2)C(C)C)c1. The molecule has 1 fully saturated rings. The van der Waals surface area contributed by atoms with Crippen molar-refractivity contribution in [2.45, 2.75) is 38.8 Å². The predicted octanol–water partition coefficient (Wildman–Crippen LogP) is 2.30. The monoisotopic (exact) mass is 276 g/mol. The zero-order valence-electron chi connectivity index (χ0n) is 12.6. The van der Waals surface area contributed by atoms with Gasteiger partial charge < -0.3 is 15.0 Å². The van der Waals surface area contributed by atoms with Crippen LogP contribution in [0.25, 0.3) is 0 Å². The maximum Gasteiger partial charge on any atom is 0.254 e. The van der Waals surface area contributed by atoms with E-state index < -0.39 is 0 Å². The number of ether oxygens (including phenoxy) is 1. The molecule has 1 amide bonds. The Bertz CT molecular complexity index is 454. The van der Waals surface area contributed by atoms with Crippen LogP contribution in [0.1, 0.15) is 37.0 Å². The van der Waals surface area contributed by atoms with E-state index in [4.69, 9.17) is 4.74 Å². The van der Waals surface area contributed by atoms with Gasteiger partial charge in [-0.25, -0.2) is 0 Å². The Hall–Kier alpha value is -1.55. The Morgan fingerprint density at radius 3 is 2.90 bits per heavy atom. The summed E-state index contributed by atoms with van der Waals surface area (Å²) in [5.41, 5.74) is 0.691. The van der Waals surface area contributed by atoms with Gasteiger partial charge in [0, 0.05) is 24.2 Å². The molecule has 1 N–H and O–H groups in total. The molecule has 110 valence electrons. The van der Waals surface area contributed by atoms with Crippen LogP contribution in [0.15, 0.2) is 24.3 Å². The van der Waals surface area contributed by atoms with Crippen molar-refractivity contribution < 1.29 is 9.53 Å². The molecule has 1 aromatic rings.